The molecule has 1 aliphatic carbocycles. The number of nitrogens with one attached hydrogen (secondary N) is 3. The Morgan fingerprint density at radius 1 is 1.35 bits per heavy atom. The molecule has 0 bridgehead atoms. The van der Waals surface area contributed by atoms with E-state index in [4.69, 9.17) is 0 Å². The number of benzene rings is 1. The molecule has 2 heterocycles. The minimum absolute atomic E-state index is 0.0207. The minimum atomic E-state index is -0.239. The maximum absolute atomic E-state index is 13.1. The van der Waals surface area contributed by atoms with Gasteiger partial charge in [0.2, 0.25) is 5.91 Å². The topological polar surface area (TPSA) is 73.4 Å². The predicted molar refractivity (Wildman–Crippen MR) is 103 cm³/mol. The van der Waals surface area contributed by atoms with Crippen molar-refractivity contribution >= 4 is 11.6 Å². The van der Waals surface area contributed by atoms with Crippen LogP contribution in [0.15, 0.2) is 12.1 Å². The van der Waals surface area contributed by atoms with Crippen molar-refractivity contribution < 1.29 is 9.90 Å². The van der Waals surface area contributed by atoms with Gasteiger partial charge in [-0.1, -0.05) is 19.1 Å². The summed E-state index contributed by atoms with van der Waals surface area (Å²) in [7, 11) is 0. The quantitative estimate of drug-likeness (QED) is 0.651. The molecule has 5 heteroatoms. The number of anilines is 1. The van der Waals surface area contributed by atoms with E-state index in [9.17, 15) is 9.90 Å². The Hall–Kier alpha value is -1.59. The number of aliphatic hydroxyl groups is 1. The largest absolute Gasteiger partial charge is 0.392 e. The van der Waals surface area contributed by atoms with Crippen molar-refractivity contribution in [1.82, 2.24) is 10.6 Å². The van der Waals surface area contributed by atoms with Crippen LogP contribution in [0.5, 0.6) is 0 Å². The van der Waals surface area contributed by atoms with Crippen molar-refractivity contribution in [1.29, 1.82) is 0 Å². The Morgan fingerprint density at radius 2 is 2.15 bits per heavy atom. The fraction of sp³-hybridized carbons (Fsp3) is 0.667. The highest BCUT2D eigenvalue weighted by Gasteiger charge is 2.41. The van der Waals surface area contributed by atoms with Crippen molar-refractivity contribution in [2.45, 2.75) is 70.7 Å². The maximum atomic E-state index is 13.1. The standard InChI is InChI=1S/C21H31N3O2/c1-12-4-3-9-22-19(12)20(14-7-8-14)24-21(26)17-10-16-15(11-25)6-5-13(2)18(16)23-17/h5-6,12,14,17,19-20,22-23,25H,3-4,7-11H2,1-2H3,(H,24,26). The molecule has 0 spiro atoms. The van der Waals surface area contributed by atoms with E-state index in [0.717, 1.165) is 28.9 Å². The Kier molecular flexibility index (Phi) is 4.93. The minimum Gasteiger partial charge on any atom is -0.392 e. The number of amides is 1. The lowest BCUT2D eigenvalue weighted by Crippen LogP contribution is -2.58. The van der Waals surface area contributed by atoms with E-state index >= 15 is 0 Å². The summed E-state index contributed by atoms with van der Waals surface area (Å²) in [5.41, 5.74) is 4.19. The molecule has 1 aromatic carbocycles. The van der Waals surface area contributed by atoms with Gasteiger partial charge in [0.25, 0.3) is 0 Å². The first kappa shape index (κ1) is 17.8. The molecule has 4 rings (SSSR count). The second-order valence-corrected chi connectivity index (χ2v) is 8.43. The van der Waals surface area contributed by atoms with E-state index in [1.807, 2.05) is 19.1 Å². The van der Waals surface area contributed by atoms with E-state index in [-0.39, 0.29) is 24.6 Å². The van der Waals surface area contributed by atoms with Crippen LogP contribution in [0.4, 0.5) is 5.69 Å². The number of hydrogen-bond acceptors (Lipinski definition) is 4. The van der Waals surface area contributed by atoms with Crippen LogP contribution < -0.4 is 16.0 Å². The third-order valence-corrected chi connectivity index (χ3v) is 6.49. The SMILES string of the molecule is Cc1ccc(CO)c2c1NC(C(=O)NC(C1CC1)C1NCCCC1C)C2. The summed E-state index contributed by atoms with van der Waals surface area (Å²) in [6.07, 6.45) is 5.57. The molecule has 4 N–H and O–H groups in total. The molecule has 0 radical (unpaired) electrons. The molecule has 4 atom stereocenters. The van der Waals surface area contributed by atoms with Crippen molar-refractivity contribution in [2.24, 2.45) is 11.8 Å². The normalized spacial score (nSPS) is 29.0. The highest BCUT2D eigenvalue weighted by molar-refractivity contribution is 5.88. The lowest BCUT2D eigenvalue weighted by atomic mass is 9.85. The van der Waals surface area contributed by atoms with Crippen LogP contribution in [0.1, 0.15) is 49.3 Å². The van der Waals surface area contributed by atoms with Crippen LogP contribution in [-0.2, 0) is 17.8 Å². The summed E-state index contributed by atoms with van der Waals surface area (Å²) in [6, 6.07) is 4.37. The van der Waals surface area contributed by atoms with Gasteiger partial charge in [-0.2, -0.15) is 0 Å². The summed E-state index contributed by atoms with van der Waals surface area (Å²) in [6.45, 7) is 5.43. The smallest absolute Gasteiger partial charge is 0.243 e. The first-order chi connectivity index (χ1) is 12.6. The molecule has 2 aliphatic heterocycles. The Labute approximate surface area is 155 Å². The molecule has 2 fully saturated rings. The third kappa shape index (κ3) is 3.35. The highest BCUT2D eigenvalue weighted by Crippen LogP contribution is 2.37. The number of aliphatic hydroxyl groups excluding tert-OH is 1. The molecule has 1 saturated heterocycles. The van der Waals surface area contributed by atoms with Crippen LogP contribution in [0.25, 0.3) is 0 Å². The molecule has 1 amide bonds. The van der Waals surface area contributed by atoms with E-state index in [2.05, 4.69) is 22.9 Å². The first-order valence-electron chi connectivity index (χ1n) is 10.1. The number of piperidine rings is 1. The molecule has 5 nitrogen and oxygen atoms in total. The van der Waals surface area contributed by atoms with Crippen LogP contribution in [0.2, 0.25) is 0 Å². The molecule has 4 unspecified atom stereocenters. The van der Waals surface area contributed by atoms with Crippen molar-refractivity contribution in [3.63, 3.8) is 0 Å². The maximum Gasteiger partial charge on any atom is 0.243 e. The highest BCUT2D eigenvalue weighted by atomic mass is 16.3. The van der Waals surface area contributed by atoms with Gasteiger partial charge in [-0.15, -0.1) is 0 Å². The summed E-state index contributed by atoms with van der Waals surface area (Å²) < 4.78 is 0. The van der Waals surface area contributed by atoms with Crippen LogP contribution in [-0.4, -0.2) is 35.7 Å². The second-order valence-electron chi connectivity index (χ2n) is 8.43. The molecule has 1 aromatic rings. The van der Waals surface area contributed by atoms with Crippen LogP contribution >= 0.6 is 0 Å². The first-order valence-corrected chi connectivity index (χ1v) is 10.1. The number of hydrogen-bond donors (Lipinski definition) is 4. The fourth-order valence-electron chi connectivity index (χ4n) is 4.75. The fourth-order valence-corrected chi connectivity index (χ4v) is 4.75. The number of rotatable bonds is 5. The van der Waals surface area contributed by atoms with Crippen LogP contribution in [0.3, 0.4) is 0 Å². The number of aryl methyl sites for hydroxylation is 1. The van der Waals surface area contributed by atoms with Gasteiger partial charge in [-0.3, -0.25) is 4.79 Å². The number of fused-ring (bicyclic) bond motifs is 1. The Morgan fingerprint density at radius 3 is 2.85 bits per heavy atom. The zero-order chi connectivity index (χ0) is 18.3. The van der Waals surface area contributed by atoms with Gasteiger partial charge in [0.05, 0.1) is 6.61 Å². The van der Waals surface area contributed by atoms with E-state index < -0.39 is 0 Å². The Bertz CT molecular complexity index is 686. The second kappa shape index (κ2) is 7.20. The number of carbonyl (C=O) groups is 1. The van der Waals surface area contributed by atoms with Gasteiger partial charge in [0.1, 0.15) is 6.04 Å². The Balaban J connectivity index is 1.47. The molecule has 142 valence electrons. The lowest BCUT2D eigenvalue weighted by Gasteiger charge is -2.37. The van der Waals surface area contributed by atoms with Crippen molar-refractivity contribution in [3.05, 3.63) is 28.8 Å². The van der Waals surface area contributed by atoms with Gasteiger partial charge >= 0.3 is 0 Å². The molecule has 0 aromatic heterocycles. The number of carbonyl (C=O) groups excluding carboxylic acids is 1. The third-order valence-electron chi connectivity index (χ3n) is 6.49. The lowest BCUT2D eigenvalue weighted by molar-refractivity contribution is -0.123. The van der Waals surface area contributed by atoms with Crippen molar-refractivity contribution in [3.8, 4) is 0 Å². The molecular weight excluding hydrogens is 326 g/mol. The zero-order valence-corrected chi connectivity index (χ0v) is 15.8. The summed E-state index contributed by atoms with van der Waals surface area (Å²) >= 11 is 0. The summed E-state index contributed by atoms with van der Waals surface area (Å²) in [5.74, 6) is 1.32. The summed E-state index contributed by atoms with van der Waals surface area (Å²) in [5, 5.41) is 20.1. The van der Waals surface area contributed by atoms with E-state index in [0.29, 0.717) is 24.3 Å². The van der Waals surface area contributed by atoms with E-state index in [1.165, 1.54) is 25.7 Å². The molecule has 1 saturated carbocycles. The average molecular weight is 357 g/mol. The van der Waals surface area contributed by atoms with Gasteiger partial charge in [-0.25, -0.2) is 0 Å². The van der Waals surface area contributed by atoms with Crippen molar-refractivity contribution in [2.75, 3.05) is 11.9 Å². The van der Waals surface area contributed by atoms with Gasteiger partial charge in [-0.05, 0) is 67.7 Å². The monoisotopic (exact) mass is 357 g/mol. The van der Waals surface area contributed by atoms with Gasteiger partial charge < -0.3 is 21.1 Å². The molecule has 3 aliphatic rings. The predicted octanol–water partition coefficient (Wildman–Crippen LogP) is 2.11. The average Bonchev–Trinajstić information content (AvgIpc) is 3.38. The molecular formula is C21H31N3O2. The molecule has 26 heavy (non-hydrogen) atoms. The van der Waals surface area contributed by atoms with E-state index in [1.54, 1.807) is 0 Å². The van der Waals surface area contributed by atoms with Crippen LogP contribution in [0, 0.1) is 18.8 Å². The van der Waals surface area contributed by atoms with Gasteiger partial charge in [0.15, 0.2) is 0 Å². The zero-order valence-electron chi connectivity index (χ0n) is 15.8. The van der Waals surface area contributed by atoms with Gasteiger partial charge in [0, 0.05) is 24.2 Å². The summed E-state index contributed by atoms with van der Waals surface area (Å²) in [4.78, 5) is 13.1.